The average molecular weight is 229 g/mol. The molecular weight excluding hydrogens is 210 g/mol. The van der Waals surface area contributed by atoms with E-state index in [2.05, 4.69) is 16.7 Å². The zero-order chi connectivity index (χ0) is 12.1. The van der Waals surface area contributed by atoms with Crippen LogP contribution in [0.2, 0.25) is 0 Å². The van der Waals surface area contributed by atoms with Gasteiger partial charge in [0, 0.05) is 17.8 Å². The molecule has 1 aromatic carbocycles. The van der Waals surface area contributed by atoms with Crippen LogP contribution in [0.4, 0.5) is 5.69 Å². The van der Waals surface area contributed by atoms with Crippen LogP contribution in [0.1, 0.15) is 31.2 Å². The van der Waals surface area contributed by atoms with E-state index in [-0.39, 0.29) is 0 Å². The van der Waals surface area contributed by atoms with Crippen LogP contribution in [0.3, 0.4) is 0 Å². The molecule has 3 heteroatoms. The zero-order valence-electron chi connectivity index (χ0n) is 10.2. The molecule has 90 valence electrons. The van der Waals surface area contributed by atoms with Crippen LogP contribution in [0.25, 0.3) is 0 Å². The largest absolute Gasteiger partial charge is 0.382 e. The molecule has 1 fully saturated rings. The lowest BCUT2D eigenvalue weighted by molar-refractivity contribution is 0.371. The van der Waals surface area contributed by atoms with Crippen molar-refractivity contribution in [2.75, 3.05) is 12.4 Å². The smallest absolute Gasteiger partial charge is 0.0992 e. The quantitative estimate of drug-likeness (QED) is 0.837. The molecule has 0 unspecified atom stereocenters. The molecule has 3 nitrogen and oxygen atoms in total. The van der Waals surface area contributed by atoms with Gasteiger partial charge in [0.2, 0.25) is 0 Å². The molecule has 1 aromatic rings. The van der Waals surface area contributed by atoms with Crippen LogP contribution in [0, 0.1) is 11.3 Å². The standard InChI is InChI=1S/C14H19N3/c1-16-12-5-7-13(8-6-12)17-14-4-2-3-11(9-14)10-15/h2-4,9,12-13,16-17H,5-8H2,1H3. The maximum atomic E-state index is 8.85. The minimum atomic E-state index is 0.550. The normalized spacial score (nSPS) is 24.0. The third-order valence-corrected chi connectivity index (χ3v) is 3.50. The molecular formula is C14H19N3. The number of anilines is 1. The van der Waals surface area contributed by atoms with Crippen molar-refractivity contribution in [1.82, 2.24) is 5.32 Å². The molecule has 2 N–H and O–H groups in total. The molecule has 0 aliphatic heterocycles. The SMILES string of the molecule is CNC1CCC(Nc2cccc(C#N)c2)CC1. The Kier molecular flexibility index (Phi) is 4.00. The van der Waals surface area contributed by atoms with Crippen molar-refractivity contribution in [3.8, 4) is 6.07 Å². The third-order valence-electron chi connectivity index (χ3n) is 3.50. The fourth-order valence-corrected chi connectivity index (χ4v) is 2.44. The predicted molar refractivity (Wildman–Crippen MR) is 69.9 cm³/mol. The van der Waals surface area contributed by atoms with E-state index in [4.69, 9.17) is 5.26 Å². The lowest BCUT2D eigenvalue weighted by Gasteiger charge is -2.29. The second-order valence-corrected chi connectivity index (χ2v) is 4.67. The summed E-state index contributed by atoms with van der Waals surface area (Å²) in [5.74, 6) is 0. The summed E-state index contributed by atoms with van der Waals surface area (Å²) in [5.41, 5.74) is 1.79. The van der Waals surface area contributed by atoms with E-state index in [1.165, 1.54) is 25.7 Å². The molecule has 17 heavy (non-hydrogen) atoms. The summed E-state index contributed by atoms with van der Waals surface area (Å²) in [6.45, 7) is 0. The number of nitriles is 1. The van der Waals surface area contributed by atoms with E-state index < -0.39 is 0 Å². The van der Waals surface area contributed by atoms with E-state index in [1.807, 2.05) is 31.3 Å². The molecule has 0 heterocycles. The lowest BCUT2D eigenvalue weighted by Crippen LogP contribution is -2.34. The molecule has 0 aromatic heterocycles. The van der Waals surface area contributed by atoms with Crippen molar-refractivity contribution in [2.24, 2.45) is 0 Å². The molecule has 1 aliphatic rings. The van der Waals surface area contributed by atoms with Crippen molar-refractivity contribution >= 4 is 5.69 Å². The Morgan fingerprint density at radius 3 is 2.53 bits per heavy atom. The zero-order valence-corrected chi connectivity index (χ0v) is 10.2. The molecule has 2 rings (SSSR count). The Labute approximate surface area is 103 Å². The summed E-state index contributed by atoms with van der Waals surface area (Å²) in [7, 11) is 2.04. The first-order valence-corrected chi connectivity index (χ1v) is 6.26. The minimum absolute atomic E-state index is 0.550. The lowest BCUT2D eigenvalue weighted by atomic mass is 9.91. The number of nitrogens with zero attached hydrogens (tertiary/aromatic N) is 1. The third kappa shape index (κ3) is 3.21. The van der Waals surface area contributed by atoms with Crippen molar-refractivity contribution in [3.63, 3.8) is 0 Å². The van der Waals surface area contributed by atoms with Crippen LogP contribution < -0.4 is 10.6 Å². The molecule has 0 saturated heterocycles. The van der Waals surface area contributed by atoms with E-state index in [0.29, 0.717) is 12.1 Å². The van der Waals surface area contributed by atoms with Gasteiger partial charge in [-0.15, -0.1) is 0 Å². The minimum Gasteiger partial charge on any atom is -0.382 e. The molecule has 0 atom stereocenters. The number of rotatable bonds is 3. The Balaban J connectivity index is 1.91. The Bertz CT molecular complexity index is 400. The maximum absolute atomic E-state index is 8.85. The molecule has 0 spiro atoms. The highest BCUT2D eigenvalue weighted by Gasteiger charge is 2.19. The van der Waals surface area contributed by atoms with Gasteiger partial charge in [-0.05, 0) is 50.9 Å². The van der Waals surface area contributed by atoms with Gasteiger partial charge >= 0.3 is 0 Å². The van der Waals surface area contributed by atoms with Gasteiger partial charge in [0.05, 0.1) is 11.6 Å². The monoisotopic (exact) mass is 229 g/mol. The molecule has 0 bridgehead atoms. The van der Waals surface area contributed by atoms with Crippen LogP contribution in [0.5, 0.6) is 0 Å². The number of hydrogen-bond donors (Lipinski definition) is 2. The fraction of sp³-hybridized carbons (Fsp3) is 0.500. The van der Waals surface area contributed by atoms with Gasteiger partial charge in [0.15, 0.2) is 0 Å². The molecule has 0 amide bonds. The van der Waals surface area contributed by atoms with Gasteiger partial charge in [-0.1, -0.05) is 6.07 Å². The second-order valence-electron chi connectivity index (χ2n) is 4.67. The molecule has 1 aliphatic carbocycles. The number of benzene rings is 1. The van der Waals surface area contributed by atoms with Crippen molar-refractivity contribution in [1.29, 1.82) is 5.26 Å². The van der Waals surface area contributed by atoms with Gasteiger partial charge in [0.1, 0.15) is 0 Å². The first kappa shape index (κ1) is 11.9. The van der Waals surface area contributed by atoms with Gasteiger partial charge < -0.3 is 10.6 Å². The maximum Gasteiger partial charge on any atom is 0.0992 e. The fourth-order valence-electron chi connectivity index (χ4n) is 2.44. The summed E-state index contributed by atoms with van der Waals surface area (Å²) in [5, 5.41) is 15.7. The van der Waals surface area contributed by atoms with Crippen LogP contribution in [-0.4, -0.2) is 19.1 Å². The first-order chi connectivity index (χ1) is 8.31. The van der Waals surface area contributed by atoms with Crippen LogP contribution in [-0.2, 0) is 0 Å². The van der Waals surface area contributed by atoms with Gasteiger partial charge in [0.25, 0.3) is 0 Å². The van der Waals surface area contributed by atoms with E-state index in [0.717, 1.165) is 11.3 Å². The summed E-state index contributed by atoms with van der Waals surface area (Å²) in [6, 6.07) is 11.1. The van der Waals surface area contributed by atoms with Gasteiger partial charge in [-0.3, -0.25) is 0 Å². The highest BCUT2D eigenvalue weighted by molar-refractivity contribution is 5.49. The van der Waals surface area contributed by atoms with E-state index in [9.17, 15) is 0 Å². The Hall–Kier alpha value is -1.53. The van der Waals surface area contributed by atoms with Crippen molar-refractivity contribution in [2.45, 2.75) is 37.8 Å². The highest BCUT2D eigenvalue weighted by Crippen LogP contribution is 2.22. The van der Waals surface area contributed by atoms with E-state index in [1.54, 1.807) is 0 Å². The summed E-state index contributed by atoms with van der Waals surface area (Å²) >= 11 is 0. The second kappa shape index (κ2) is 5.70. The summed E-state index contributed by atoms with van der Waals surface area (Å²) in [4.78, 5) is 0. The highest BCUT2D eigenvalue weighted by atomic mass is 14.9. The summed E-state index contributed by atoms with van der Waals surface area (Å²) < 4.78 is 0. The number of nitrogens with one attached hydrogen (secondary N) is 2. The Morgan fingerprint density at radius 1 is 1.18 bits per heavy atom. The predicted octanol–water partition coefficient (Wildman–Crippen LogP) is 2.50. The number of hydrogen-bond acceptors (Lipinski definition) is 3. The van der Waals surface area contributed by atoms with Crippen LogP contribution >= 0.6 is 0 Å². The van der Waals surface area contributed by atoms with Crippen molar-refractivity contribution < 1.29 is 0 Å². The van der Waals surface area contributed by atoms with Crippen LogP contribution in [0.15, 0.2) is 24.3 Å². The van der Waals surface area contributed by atoms with Gasteiger partial charge in [-0.2, -0.15) is 5.26 Å². The average Bonchev–Trinajstić information content (AvgIpc) is 2.40. The van der Waals surface area contributed by atoms with Gasteiger partial charge in [-0.25, -0.2) is 0 Å². The molecule has 1 saturated carbocycles. The molecule has 0 radical (unpaired) electrons. The summed E-state index contributed by atoms with van der Waals surface area (Å²) in [6.07, 6.45) is 4.85. The Morgan fingerprint density at radius 2 is 1.88 bits per heavy atom. The van der Waals surface area contributed by atoms with E-state index >= 15 is 0 Å². The topological polar surface area (TPSA) is 47.8 Å². The first-order valence-electron chi connectivity index (χ1n) is 6.26. The van der Waals surface area contributed by atoms with Crippen molar-refractivity contribution in [3.05, 3.63) is 29.8 Å².